The smallest absolute Gasteiger partial charge is 0.178 e. The van der Waals surface area contributed by atoms with Crippen molar-refractivity contribution in [1.82, 2.24) is 9.97 Å². The molecule has 0 aliphatic heterocycles. The molecule has 192 valence electrons. The summed E-state index contributed by atoms with van der Waals surface area (Å²) in [5.74, 6) is -0.398. The number of Topliss-reactive ketones (excluding diaryl/α,β-unsaturated/α-hetero) is 2. The Bertz CT molecular complexity index is 1400. The number of aromatic nitrogens is 2. The summed E-state index contributed by atoms with van der Waals surface area (Å²) in [5.41, 5.74) is -0.254. The first-order chi connectivity index (χ1) is 17.6. The van der Waals surface area contributed by atoms with Crippen LogP contribution in [0, 0.1) is 34.5 Å². The fraction of sp³-hybridized carbons (Fsp3) is 0.500. The van der Waals surface area contributed by atoms with Crippen LogP contribution in [-0.4, -0.2) is 43.8 Å². The highest BCUT2D eigenvalue weighted by Crippen LogP contribution is 2.67. The molecule has 1 aromatic carbocycles. The molecule has 37 heavy (non-hydrogen) atoms. The third-order valence-electron chi connectivity index (χ3n) is 10.0. The monoisotopic (exact) mass is 516 g/mol. The van der Waals surface area contributed by atoms with Gasteiger partial charge in [-0.3, -0.25) is 19.4 Å². The first-order valence-corrected chi connectivity index (χ1v) is 14.1. The number of thioether (sulfide) groups is 1. The lowest BCUT2D eigenvalue weighted by atomic mass is 9.46. The molecule has 7 atom stereocenters. The number of para-hydroxylation sites is 2. The second-order valence-electron chi connectivity index (χ2n) is 11.8. The fourth-order valence-corrected chi connectivity index (χ4v) is 9.01. The van der Waals surface area contributed by atoms with E-state index in [1.54, 1.807) is 18.3 Å². The summed E-state index contributed by atoms with van der Waals surface area (Å²) >= 11 is 1.29. The van der Waals surface area contributed by atoms with Gasteiger partial charge in [0, 0.05) is 23.2 Å². The van der Waals surface area contributed by atoms with Crippen molar-refractivity contribution in [3.63, 3.8) is 0 Å². The molecule has 2 aromatic rings. The van der Waals surface area contributed by atoms with Crippen LogP contribution in [-0.2, 0) is 14.4 Å². The van der Waals surface area contributed by atoms with Crippen molar-refractivity contribution in [3.8, 4) is 0 Å². The molecule has 1 N–H and O–H groups in total. The zero-order valence-electron chi connectivity index (χ0n) is 21.4. The van der Waals surface area contributed by atoms with Gasteiger partial charge in [-0.15, -0.1) is 0 Å². The van der Waals surface area contributed by atoms with Crippen molar-refractivity contribution in [2.75, 3.05) is 5.75 Å². The normalized spacial score (nSPS) is 38.6. The summed E-state index contributed by atoms with van der Waals surface area (Å²) in [4.78, 5) is 48.7. The highest BCUT2D eigenvalue weighted by molar-refractivity contribution is 7.99. The van der Waals surface area contributed by atoms with Crippen LogP contribution < -0.4 is 0 Å². The molecular formula is C30H32N2O4S. The van der Waals surface area contributed by atoms with Crippen molar-refractivity contribution in [2.45, 2.75) is 57.1 Å². The van der Waals surface area contributed by atoms with Crippen LogP contribution in [0.15, 0.2) is 59.3 Å². The Morgan fingerprint density at radius 2 is 1.95 bits per heavy atom. The summed E-state index contributed by atoms with van der Waals surface area (Å²) in [5, 5.41) is 12.8. The molecule has 3 fully saturated rings. The van der Waals surface area contributed by atoms with E-state index < -0.39 is 16.4 Å². The third kappa shape index (κ3) is 3.46. The predicted octanol–water partition coefficient (Wildman–Crippen LogP) is 4.76. The first kappa shape index (κ1) is 24.7. The molecule has 6 rings (SSSR count). The maximum atomic E-state index is 13.8. The number of carbonyl (C=O) groups is 3. The van der Waals surface area contributed by atoms with E-state index in [4.69, 9.17) is 0 Å². The van der Waals surface area contributed by atoms with Crippen LogP contribution in [0.25, 0.3) is 11.0 Å². The molecule has 6 nitrogen and oxygen atoms in total. The third-order valence-corrected chi connectivity index (χ3v) is 10.9. The maximum Gasteiger partial charge on any atom is 0.178 e. The molecule has 3 saturated carbocycles. The van der Waals surface area contributed by atoms with Gasteiger partial charge in [0.1, 0.15) is 16.4 Å². The minimum absolute atomic E-state index is 0.0120. The first-order valence-electron chi connectivity index (χ1n) is 13.1. The standard InChI is InChI=1S/C30H32N2O4S/c1-17-12-21-20-9-8-18-13-19(33)10-11-28(18,2)27(20)24(34)14-29(21,3)30(17,36)25(35)16-37-26-15-31-22-6-4-5-7-23(22)32-26/h4-7,10-11,13,15,17,20-21,27,36H,8-9,12,14,16H2,1-3H3/t17-,20?,21?,27?,28?,29?,30+/m1/s1. The summed E-state index contributed by atoms with van der Waals surface area (Å²) < 4.78 is 0. The molecule has 0 amide bonds. The minimum Gasteiger partial charge on any atom is -0.381 e. The average molecular weight is 517 g/mol. The zero-order chi connectivity index (χ0) is 26.2. The van der Waals surface area contributed by atoms with E-state index in [-0.39, 0.29) is 53.2 Å². The van der Waals surface area contributed by atoms with Gasteiger partial charge >= 0.3 is 0 Å². The predicted molar refractivity (Wildman–Crippen MR) is 142 cm³/mol. The molecule has 0 radical (unpaired) electrons. The van der Waals surface area contributed by atoms with Crippen LogP contribution in [0.5, 0.6) is 0 Å². The number of hydrogen-bond acceptors (Lipinski definition) is 7. The molecule has 0 bridgehead atoms. The van der Waals surface area contributed by atoms with Crippen molar-refractivity contribution >= 4 is 40.1 Å². The molecule has 5 unspecified atom stereocenters. The van der Waals surface area contributed by atoms with Crippen LogP contribution in [0.2, 0.25) is 0 Å². The van der Waals surface area contributed by atoms with E-state index in [2.05, 4.69) is 16.9 Å². The van der Waals surface area contributed by atoms with E-state index >= 15 is 0 Å². The summed E-state index contributed by atoms with van der Waals surface area (Å²) in [6.45, 7) is 5.99. The number of fused-ring (bicyclic) bond motifs is 6. The summed E-state index contributed by atoms with van der Waals surface area (Å²) in [7, 11) is 0. The van der Waals surface area contributed by atoms with Crippen LogP contribution in [0.4, 0.5) is 0 Å². The maximum absolute atomic E-state index is 13.8. The topological polar surface area (TPSA) is 97.2 Å². The van der Waals surface area contributed by atoms with Gasteiger partial charge in [-0.1, -0.05) is 56.3 Å². The van der Waals surface area contributed by atoms with Gasteiger partial charge < -0.3 is 5.11 Å². The number of benzene rings is 1. The number of nitrogens with zero attached hydrogens (tertiary/aromatic N) is 2. The van der Waals surface area contributed by atoms with E-state index in [0.717, 1.165) is 29.4 Å². The second kappa shape index (κ2) is 8.43. The SMILES string of the molecule is C[C@@H]1CC2C3CCC4=CC(=O)C=CC4(C)C3C(=O)CC2(C)[C@@]1(O)C(=O)CSc1cnc2ccccc2n1. The number of carbonyl (C=O) groups excluding carboxylic acids is 3. The summed E-state index contributed by atoms with van der Waals surface area (Å²) in [6, 6.07) is 7.59. The zero-order valence-corrected chi connectivity index (χ0v) is 22.3. The van der Waals surface area contributed by atoms with Crippen molar-refractivity contribution in [3.05, 3.63) is 54.3 Å². The molecule has 4 aliphatic rings. The molecule has 7 heteroatoms. The Balaban J connectivity index is 1.27. The van der Waals surface area contributed by atoms with E-state index in [0.29, 0.717) is 11.4 Å². The lowest BCUT2D eigenvalue weighted by Gasteiger charge is -2.56. The molecule has 0 spiro atoms. The van der Waals surface area contributed by atoms with Crippen LogP contribution >= 0.6 is 11.8 Å². The Morgan fingerprint density at radius 3 is 2.73 bits per heavy atom. The van der Waals surface area contributed by atoms with E-state index in [1.807, 2.05) is 44.2 Å². The minimum atomic E-state index is -1.58. The number of aliphatic hydroxyl groups is 1. The highest BCUT2D eigenvalue weighted by atomic mass is 32.2. The average Bonchev–Trinajstić information content (AvgIpc) is 3.08. The van der Waals surface area contributed by atoms with Gasteiger partial charge in [0.25, 0.3) is 0 Å². The molecule has 0 saturated heterocycles. The Labute approximate surface area is 221 Å². The van der Waals surface area contributed by atoms with Crippen LogP contribution in [0.3, 0.4) is 0 Å². The van der Waals surface area contributed by atoms with E-state index in [9.17, 15) is 19.5 Å². The van der Waals surface area contributed by atoms with Crippen molar-refractivity contribution in [1.29, 1.82) is 0 Å². The molecular weight excluding hydrogens is 484 g/mol. The van der Waals surface area contributed by atoms with Gasteiger partial charge in [0.15, 0.2) is 11.6 Å². The van der Waals surface area contributed by atoms with Gasteiger partial charge in [0.05, 0.1) is 23.0 Å². The van der Waals surface area contributed by atoms with Crippen molar-refractivity contribution in [2.24, 2.45) is 34.5 Å². The number of hydrogen-bond donors (Lipinski definition) is 1. The van der Waals surface area contributed by atoms with Crippen LogP contribution in [0.1, 0.15) is 46.5 Å². The second-order valence-corrected chi connectivity index (χ2v) is 12.8. The highest BCUT2D eigenvalue weighted by Gasteiger charge is 2.70. The Kier molecular flexibility index (Phi) is 5.63. The lowest BCUT2D eigenvalue weighted by molar-refractivity contribution is -0.169. The van der Waals surface area contributed by atoms with Gasteiger partial charge in [-0.2, -0.15) is 0 Å². The Morgan fingerprint density at radius 1 is 1.19 bits per heavy atom. The molecule has 1 aromatic heterocycles. The Hall–Kier alpha value is -2.64. The largest absolute Gasteiger partial charge is 0.381 e. The quantitative estimate of drug-likeness (QED) is 0.586. The van der Waals surface area contributed by atoms with Gasteiger partial charge in [-0.05, 0) is 61.3 Å². The number of rotatable bonds is 4. The summed E-state index contributed by atoms with van der Waals surface area (Å²) in [6.07, 6.45) is 9.36. The fourth-order valence-electron chi connectivity index (χ4n) is 8.22. The molecule has 4 aliphatic carbocycles. The lowest BCUT2D eigenvalue weighted by Crippen LogP contribution is -2.61. The number of allylic oxidation sites excluding steroid dienone is 4. The van der Waals surface area contributed by atoms with Crippen molar-refractivity contribution < 1.29 is 19.5 Å². The van der Waals surface area contributed by atoms with Gasteiger partial charge in [-0.25, -0.2) is 4.98 Å². The van der Waals surface area contributed by atoms with E-state index in [1.165, 1.54) is 11.8 Å². The number of ketones is 3. The van der Waals surface area contributed by atoms with Gasteiger partial charge in [0.2, 0.25) is 0 Å². The molecule has 1 heterocycles.